The second-order valence-electron chi connectivity index (χ2n) is 4.94. The van der Waals surface area contributed by atoms with Crippen LogP contribution in [-0.2, 0) is 0 Å². The highest BCUT2D eigenvalue weighted by molar-refractivity contribution is 9.10. The van der Waals surface area contributed by atoms with Crippen molar-refractivity contribution in [2.24, 2.45) is 0 Å². The van der Waals surface area contributed by atoms with Crippen molar-refractivity contribution >= 4 is 15.9 Å². The summed E-state index contributed by atoms with van der Waals surface area (Å²) in [6, 6.07) is 22.9. The van der Waals surface area contributed by atoms with Gasteiger partial charge in [0.1, 0.15) is 0 Å². The number of aromatic nitrogens is 1. The number of aryl methyl sites for hydroxylation is 1. The minimum Gasteiger partial charge on any atom is -0.261 e. The number of hydrogen-bond donors (Lipinski definition) is 0. The van der Waals surface area contributed by atoms with Gasteiger partial charge >= 0.3 is 0 Å². The molecule has 0 atom stereocenters. The summed E-state index contributed by atoms with van der Waals surface area (Å²) in [5.41, 5.74) is 4.59. The molecule has 0 aliphatic rings. The van der Waals surface area contributed by atoms with E-state index in [1.165, 1.54) is 0 Å². The normalized spacial score (nSPS) is 9.17. The first-order valence-electron chi connectivity index (χ1n) is 7.22. The van der Waals surface area contributed by atoms with Gasteiger partial charge in [-0.1, -0.05) is 34.1 Å². The van der Waals surface area contributed by atoms with E-state index in [0.717, 1.165) is 21.3 Å². The number of nitrogens with zero attached hydrogens (tertiary/aromatic N) is 3. The van der Waals surface area contributed by atoms with Crippen LogP contribution in [0.3, 0.4) is 0 Å². The van der Waals surface area contributed by atoms with Gasteiger partial charge in [-0.15, -0.1) is 0 Å². The molecule has 0 N–H and O–H groups in total. The topological polar surface area (TPSA) is 60.5 Å². The van der Waals surface area contributed by atoms with Crippen molar-refractivity contribution in [1.82, 2.24) is 4.98 Å². The zero-order chi connectivity index (χ0) is 17.4. The van der Waals surface area contributed by atoms with Gasteiger partial charge in [0.15, 0.2) is 0 Å². The Morgan fingerprint density at radius 3 is 1.88 bits per heavy atom. The number of nitriles is 2. The Balaban J connectivity index is 0.000000198. The first-order chi connectivity index (χ1) is 11.6. The monoisotopic (exact) mass is 375 g/mol. The molecule has 3 nitrogen and oxygen atoms in total. The fraction of sp³-hybridized carbons (Fsp3) is 0.0500. The van der Waals surface area contributed by atoms with E-state index in [-0.39, 0.29) is 0 Å². The maximum Gasteiger partial charge on any atom is 0.0991 e. The van der Waals surface area contributed by atoms with Crippen LogP contribution in [0, 0.1) is 29.6 Å². The first kappa shape index (κ1) is 17.4. The molecule has 3 aromatic rings. The van der Waals surface area contributed by atoms with Crippen molar-refractivity contribution in [3.63, 3.8) is 0 Å². The van der Waals surface area contributed by atoms with Gasteiger partial charge in [0, 0.05) is 21.9 Å². The number of benzene rings is 2. The van der Waals surface area contributed by atoms with Crippen LogP contribution in [0.25, 0.3) is 11.1 Å². The highest BCUT2D eigenvalue weighted by Gasteiger charge is 2.01. The largest absolute Gasteiger partial charge is 0.261 e. The molecule has 0 aliphatic carbocycles. The zero-order valence-electron chi connectivity index (χ0n) is 13.1. The summed E-state index contributed by atoms with van der Waals surface area (Å²) >= 11 is 3.27. The van der Waals surface area contributed by atoms with E-state index in [1.54, 1.807) is 18.3 Å². The average molecular weight is 376 g/mol. The van der Waals surface area contributed by atoms with Gasteiger partial charge in [-0.05, 0) is 55.0 Å². The van der Waals surface area contributed by atoms with Crippen LogP contribution in [-0.4, -0.2) is 4.98 Å². The lowest BCUT2D eigenvalue weighted by atomic mass is 10.0. The molecule has 24 heavy (non-hydrogen) atoms. The number of hydrogen-bond acceptors (Lipinski definition) is 3. The van der Waals surface area contributed by atoms with Crippen molar-refractivity contribution in [3.05, 3.63) is 88.2 Å². The summed E-state index contributed by atoms with van der Waals surface area (Å²) in [5.74, 6) is 0. The Kier molecular flexibility index (Phi) is 6.25. The van der Waals surface area contributed by atoms with Gasteiger partial charge in [-0.25, -0.2) is 0 Å². The van der Waals surface area contributed by atoms with E-state index in [2.05, 4.69) is 27.0 Å². The molecule has 2 aromatic carbocycles. The van der Waals surface area contributed by atoms with Crippen LogP contribution < -0.4 is 0 Å². The smallest absolute Gasteiger partial charge is 0.0991 e. The van der Waals surface area contributed by atoms with Gasteiger partial charge in [0.05, 0.1) is 23.3 Å². The van der Waals surface area contributed by atoms with Gasteiger partial charge in [-0.2, -0.15) is 10.5 Å². The van der Waals surface area contributed by atoms with Gasteiger partial charge in [0.2, 0.25) is 0 Å². The third kappa shape index (κ3) is 4.78. The van der Waals surface area contributed by atoms with Crippen LogP contribution in [0.4, 0.5) is 0 Å². The van der Waals surface area contributed by atoms with Crippen molar-refractivity contribution < 1.29 is 0 Å². The lowest BCUT2D eigenvalue weighted by molar-refractivity contribution is 1.20. The van der Waals surface area contributed by atoms with Crippen LogP contribution >= 0.6 is 15.9 Å². The lowest BCUT2D eigenvalue weighted by Gasteiger charge is -2.04. The molecule has 1 heterocycles. The number of pyridine rings is 1. The SMILES string of the molecule is Cc1ncccc1-c1ccc(C#N)cc1.N#Cc1ccc(Br)cc1. The Labute approximate surface area is 150 Å². The second kappa shape index (κ2) is 8.62. The van der Waals surface area contributed by atoms with Crippen LogP contribution in [0.5, 0.6) is 0 Å². The Bertz CT molecular complexity index is 886. The highest BCUT2D eigenvalue weighted by Crippen LogP contribution is 2.21. The van der Waals surface area contributed by atoms with Crippen molar-refractivity contribution in [1.29, 1.82) is 10.5 Å². The Morgan fingerprint density at radius 1 is 0.833 bits per heavy atom. The summed E-state index contributed by atoms with van der Waals surface area (Å²) in [5, 5.41) is 17.1. The molecule has 116 valence electrons. The van der Waals surface area contributed by atoms with Crippen LogP contribution in [0.1, 0.15) is 16.8 Å². The van der Waals surface area contributed by atoms with E-state index in [1.807, 2.05) is 61.5 Å². The quantitative estimate of drug-likeness (QED) is 0.583. The molecule has 0 amide bonds. The molecule has 0 spiro atoms. The third-order valence-corrected chi connectivity index (χ3v) is 3.83. The molecule has 0 saturated carbocycles. The van der Waals surface area contributed by atoms with Gasteiger partial charge in [0.25, 0.3) is 0 Å². The minimum absolute atomic E-state index is 0.681. The highest BCUT2D eigenvalue weighted by atomic mass is 79.9. The summed E-state index contributed by atoms with van der Waals surface area (Å²) in [7, 11) is 0. The van der Waals surface area contributed by atoms with E-state index >= 15 is 0 Å². The van der Waals surface area contributed by atoms with E-state index < -0.39 is 0 Å². The Hall–Kier alpha value is -2.95. The summed E-state index contributed by atoms with van der Waals surface area (Å²) in [6.07, 6.45) is 1.78. The van der Waals surface area contributed by atoms with Crippen molar-refractivity contribution in [3.8, 4) is 23.3 Å². The molecule has 0 aliphatic heterocycles. The van der Waals surface area contributed by atoms with E-state index in [9.17, 15) is 0 Å². The fourth-order valence-corrected chi connectivity index (χ4v) is 2.30. The molecule has 3 rings (SSSR count). The summed E-state index contributed by atoms with van der Waals surface area (Å²) < 4.78 is 1.00. The van der Waals surface area contributed by atoms with Crippen molar-refractivity contribution in [2.75, 3.05) is 0 Å². The van der Waals surface area contributed by atoms with Crippen LogP contribution in [0.2, 0.25) is 0 Å². The molecule has 1 aromatic heterocycles. The summed E-state index contributed by atoms with van der Waals surface area (Å²) in [6.45, 7) is 1.98. The van der Waals surface area contributed by atoms with E-state index in [0.29, 0.717) is 11.1 Å². The fourth-order valence-electron chi connectivity index (χ4n) is 2.04. The molecule has 4 heteroatoms. The lowest BCUT2D eigenvalue weighted by Crippen LogP contribution is -1.86. The predicted molar refractivity (Wildman–Crippen MR) is 98.0 cm³/mol. The zero-order valence-corrected chi connectivity index (χ0v) is 14.7. The molecular formula is C20H14BrN3. The van der Waals surface area contributed by atoms with Crippen LogP contribution in [0.15, 0.2) is 71.3 Å². The standard InChI is InChI=1S/C13H10N2.C7H4BrN/c1-10-13(3-2-8-15-10)12-6-4-11(9-14)5-7-12;8-7-3-1-6(5-9)2-4-7/h2-8H,1H3;1-4H. The van der Waals surface area contributed by atoms with E-state index in [4.69, 9.17) is 10.5 Å². The van der Waals surface area contributed by atoms with Gasteiger partial charge in [-0.3, -0.25) is 4.98 Å². The number of rotatable bonds is 1. The molecule has 0 bridgehead atoms. The molecule has 0 fully saturated rings. The first-order valence-corrected chi connectivity index (χ1v) is 8.01. The average Bonchev–Trinajstić information content (AvgIpc) is 2.63. The van der Waals surface area contributed by atoms with Crippen molar-refractivity contribution in [2.45, 2.75) is 6.92 Å². The molecule has 0 saturated heterocycles. The molecule has 0 radical (unpaired) electrons. The summed E-state index contributed by atoms with van der Waals surface area (Å²) in [4.78, 5) is 4.23. The minimum atomic E-state index is 0.681. The third-order valence-electron chi connectivity index (χ3n) is 3.31. The second-order valence-corrected chi connectivity index (χ2v) is 5.86. The molecule has 0 unspecified atom stereocenters. The maximum absolute atomic E-state index is 8.69. The molecular weight excluding hydrogens is 362 g/mol. The maximum atomic E-state index is 8.69. The van der Waals surface area contributed by atoms with Gasteiger partial charge < -0.3 is 0 Å². The predicted octanol–water partition coefficient (Wildman–Crippen LogP) is 5.25. The Morgan fingerprint density at radius 2 is 1.38 bits per heavy atom. The number of halogens is 1.